The van der Waals surface area contributed by atoms with E-state index in [1.165, 1.54) is 6.33 Å². The Morgan fingerprint density at radius 2 is 1.95 bits per heavy atom. The molecule has 0 saturated carbocycles. The predicted molar refractivity (Wildman–Crippen MR) is 76.4 cm³/mol. The number of piperazine rings is 1. The molecule has 0 aliphatic carbocycles. The number of aromatic nitrogens is 3. The summed E-state index contributed by atoms with van der Waals surface area (Å²) in [5.74, 6) is 0.504. The van der Waals surface area contributed by atoms with Gasteiger partial charge in [-0.05, 0) is 9.91 Å². The van der Waals surface area contributed by atoms with Crippen LogP contribution in [0.1, 0.15) is 0 Å². The van der Waals surface area contributed by atoms with E-state index in [1.807, 2.05) is 10.3 Å². The number of nitro groups is 1. The number of aryl methyl sites for hydroxylation is 1. The lowest BCUT2D eigenvalue weighted by Gasteiger charge is -2.35. The van der Waals surface area contributed by atoms with Crippen LogP contribution in [0.25, 0.3) is 0 Å². The van der Waals surface area contributed by atoms with Crippen molar-refractivity contribution in [2.24, 2.45) is 7.05 Å². The first-order valence-corrected chi connectivity index (χ1v) is 7.10. The van der Waals surface area contributed by atoms with Crippen LogP contribution in [-0.2, 0) is 7.05 Å². The minimum atomic E-state index is -0.428. The molecule has 9 heteroatoms. The molecule has 3 rings (SSSR count). The molecule has 0 atom stereocenters. The van der Waals surface area contributed by atoms with Crippen molar-refractivity contribution in [1.82, 2.24) is 14.5 Å². The molecule has 0 amide bonds. The zero-order chi connectivity index (χ0) is 14.1. The highest BCUT2D eigenvalue weighted by molar-refractivity contribution is 7.13. The van der Waals surface area contributed by atoms with E-state index in [0.717, 1.165) is 31.3 Å². The molecule has 0 radical (unpaired) electrons. The fourth-order valence-corrected chi connectivity index (χ4v) is 3.08. The van der Waals surface area contributed by atoms with Crippen molar-refractivity contribution in [3.8, 4) is 0 Å². The van der Waals surface area contributed by atoms with Crippen LogP contribution in [0.15, 0.2) is 17.9 Å². The van der Waals surface area contributed by atoms with Gasteiger partial charge >= 0.3 is 5.82 Å². The minimum absolute atomic E-state index is 0.0739. The summed E-state index contributed by atoms with van der Waals surface area (Å²) in [4.78, 5) is 22.9. The van der Waals surface area contributed by atoms with Crippen LogP contribution >= 0.6 is 11.3 Å². The minimum Gasteiger partial charge on any atom is -0.358 e. The summed E-state index contributed by atoms with van der Waals surface area (Å²) in [6.45, 7) is 3.05. The highest BCUT2D eigenvalue weighted by atomic mass is 32.1. The lowest BCUT2D eigenvalue weighted by Crippen LogP contribution is -2.47. The van der Waals surface area contributed by atoms with Gasteiger partial charge in [-0.15, -0.1) is 11.3 Å². The number of hydrogen-bond acceptors (Lipinski definition) is 7. The highest BCUT2D eigenvalue weighted by Gasteiger charge is 2.28. The van der Waals surface area contributed by atoms with Gasteiger partial charge in [0.25, 0.3) is 0 Å². The summed E-state index contributed by atoms with van der Waals surface area (Å²) in [6, 6.07) is 0. The van der Waals surface area contributed by atoms with Crippen molar-refractivity contribution < 1.29 is 4.92 Å². The van der Waals surface area contributed by atoms with Gasteiger partial charge in [0, 0.05) is 44.8 Å². The predicted octanol–water partition coefficient (Wildman–Crippen LogP) is 1.11. The lowest BCUT2D eigenvalue weighted by molar-refractivity contribution is -0.388. The van der Waals surface area contributed by atoms with Gasteiger partial charge in [-0.3, -0.25) is 4.57 Å². The third kappa shape index (κ3) is 2.20. The fourth-order valence-electron chi connectivity index (χ4n) is 2.39. The van der Waals surface area contributed by atoms with E-state index in [-0.39, 0.29) is 5.82 Å². The Balaban J connectivity index is 1.75. The molecule has 1 aliphatic heterocycles. The average molecular weight is 294 g/mol. The van der Waals surface area contributed by atoms with Crippen molar-refractivity contribution in [3.63, 3.8) is 0 Å². The van der Waals surface area contributed by atoms with Crippen LogP contribution in [0.4, 0.5) is 16.8 Å². The molecule has 106 valence electrons. The fraction of sp³-hybridized carbons (Fsp3) is 0.455. The molecule has 0 N–H and O–H groups in total. The van der Waals surface area contributed by atoms with Crippen LogP contribution in [0, 0.1) is 10.1 Å². The van der Waals surface area contributed by atoms with Crippen molar-refractivity contribution >= 4 is 28.1 Å². The Morgan fingerprint density at radius 3 is 2.55 bits per heavy atom. The van der Waals surface area contributed by atoms with Crippen molar-refractivity contribution in [1.29, 1.82) is 0 Å². The average Bonchev–Trinajstić information content (AvgIpc) is 3.08. The zero-order valence-electron chi connectivity index (χ0n) is 11.0. The van der Waals surface area contributed by atoms with E-state index >= 15 is 0 Å². The van der Waals surface area contributed by atoms with Gasteiger partial charge in [-0.2, -0.15) is 0 Å². The molecule has 0 bridgehead atoms. The van der Waals surface area contributed by atoms with Gasteiger partial charge in [0.05, 0.1) is 0 Å². The first-order chi connectivity index (χ1) is 9.66. The molecule has 1 aliphatic rings. The van der Waals surface area contributed by atoms with Gasteiger partial charge in [-0.1, -0.05) is 0 Å². The van der Waals surface area contributed by atoms with E-state index in [1.54, 1.807) is 29.1 Å². The van der Waals surface area contributed by atoms with Crippen molar-refractivity contribution in [2.45, 2.75) is 0 Å². The molecule has 2 aromatic rings. The molecule has 20 heavy (non-hydrogen) atoms. The van der Waals surface area contributed by atoms with Crippen LogP contribution in [0.3, 0.4) is 0 Å². The molecule has 1 fully saturated rings. The third-order valence-electron chi connectivity index (χ3n) is 3.33. The number of rotatable bonds is 3. The molecule has 0 spiro atoms. The molecule has 3 heterocycles. The summed E-state index contributed by atoms with van der Waals surface area (Å²) >= 11 is 1.61. The second-order valence-corrected chi connectivity index (χ2v) is 5.42. The molecular formula is C11H14N6O2S. The lowest BCUT2D eigenvalue weighted by atomic mass is 10.3. The maximum absolute atomic E-state index is 11.0. The molecular weight excluding hydrogens is 280 g/mol. The smallest absolute Gasteiger partial charge is 0.358 e. The van der Waals surface area contributed by atoms with E-state index in [0.29, 0.717) is 5.82 Å². The second-order valence-electron chi connectivity index (χ2n) is 4.55. The molecule has 8 nitrogen and oxygen atoms in total. The number of hydrogen-bond donors (Lipinski definition) is 0. The van der Waals surface area contributed by atoms with E-state index in [4.69, 9.17) is 0 Å². The van der Waals surface area contributed by atoms with Gasteiger partial charge in [0.15, 0.2) is 5.13 Å². The largest absolute Gasteiger partial charge is 0.406 e. The number of anilines is 2. The monoisotopic (exact) mass is 294 g/mol. The Hall–Kier alpha value is -2.16. The molecule has 2 aromatic heterocycles. The van der Waals surface area contributed by atoms with Crippen LogP contribution in [0.2, 0.25) is 0 Å². The topological polar surface area (TPSA) is 80.3 Å². The van der Waals surface area contributed by atoms with Gasteiger partial charge < -0.3 is 19.9 Å². The summed E-state index contributed by atoms with van der Waals surface area (Å²) in [5, 5.41) is 14.0. The van der Waals surface area contributed by atoms with Crippen molar-refractivity contribution in [2.75, 3.05) is 36.0 Å². The molecule has 1 saturated heterocycles. The third-order valence-corrected chi connectivity index (χ3v) is 4.16. The van der Waals surface area contributed by atoms with E-state index in [9.17, 15) is 10.1 Å². The maximum Gasteiger partial charge on any atom is 0.406 e. The first-order valence-electron chi connectivity index (χ1n) is 6.22. The molecule has 0 aromatic carbocycles. The summed E-state index contributed by atoms with van der Waals surface area (Å²) in [6.07, 6.45) is 3.28. The number of imidazole rings is 1. The second kappa shape index (κ2) is 5.08. The van der Waals surface area contributed by atoms with Gasteiger partial charge in [0.2, 0.25) is 12.1 Å². The van der Waals surface area contributed by atoms with E-state index in [2.05, 4.69) is 14.9 Å². The Kier molecular flexibility index (Phi) is 3.26. The van der Waals surface area contributed by atoms with Crippen molar-refractivity contribution in [3.05, 3.63) is 28.0 Å². The van der Waals surface area contributed by atoms with E-state index < -0.39 is 4.92 Å². The maximum atomic E-state index is 11.0. The number of nitrogens with zero attached hydrogens (tertiary/aromatic N) is 6. The SMILES string of the molecule is Cn1cnc([N+](=O)[O-])c1N1CCN(c2nccs2)CC1. The quantitative estimate of drug-likeness (QED) is 0.623. The Bertz CT molecular complexity index is 602. The van der Waals surface area contributed by atoms with Gasteiger partial charge in [0.1, 0.15) is 0 Å². The van der Waals surface area contributed by atoms with Crippen LogP contribution in [0.5, 0.6) is 0 Å². The normalized spacial score (nSPS) is 15.7. The highest BCUT2D eigenvalue weighted by Crippen LogP contribution is 2.28. The first kappa shape index (κ1) is 12.9. The zero-order valence-corrected chi connectivity index (χ0v) is 11.8. The standard InChI is InChI=1S/C11H14N6O2S/c1-14-8-13-9(17(18)19)10(14)15-3-5-16(6-4-15)11-12-2-7-20-11/h2,7-8H,3-6H2,1H3. The summed E-state index contributed by atoms with van der Waals surface area (Å²) in [5.41, 5.74) is 0. The van der Waals surface area contributed by atoms with Gasteiger partial charge in [-0.25, -0.2) is 4.98 Å². The Labute approximate surface area is 119 Å². The summed E-state index contributed by atoms with van der Waals surface area (Å²) in [7, 11) is 1.78. The number of thiazole rings is 1. The van der Waals surface area contributed by atoms with Crippen LogP contribution < -0.4 is 9.80 Å². The summed E-state index contributed by atoms with van der Waals surface area (Å²) < 4.78 is 1.71. The van der Waals surface area contributed by atoms with Crippen LogP contribution in [-0.4, -0.2) is 45.6 Å². The molecule has 0 unspecified atom stereocenters. The Morgan fingerprint density at radius 1 is 1.25 bits per heavy atom.